The number of carbonyl (C=O) groups excluding carboxylic acids is 1. The van der Waals surface area contributed by atoms with Gasteiger partial charge in [-0.25, -0.2) is 9.38 Å². The van der Waals surface area contributed by atoms with Gasteiger partial charge in [0.15, 0.2) is 0 Å². The van der Waals surface area contributed by atoms with Crippen molar-refractivity contribution in [2.24, 2.45) is 10.9 Å². The minimum atomic E-state index is -0.701. The van der Waals surface area contributed by atoms with Gasteiger partial charge in [0.05, 0.1) is 46.9 Å². The zero-order chi connectivity index (χ0) is 28.7. The molecule has 40 heavy (non-hydrogen) atoms. The van der Waals surface area contributed by atoms with Gasteiger partial charge in [0.1, 0.15) is 12.5 Å². The normalized spacial score (nSPS) is 21.5. The van der Waals surface area contributed by atoms with E-state index in [0.29, 0.717) is 29.7 Å². The molecule has 2 aromatic rings. The van der Waals surface area contributed by atoms with Crippen molar-refractivity contribution in [1.29, 1.82) is 0 Å². The van der Waals surface area contributed by atoms with Crippen LogP contribution in [0.5, 0.6) is 0 Å². The highest BCUT2D eigenvalue weighted by atomic mass is 19.1. The molecule has 218 valence electrons. The van der Waals surface area contributed by atoms with Crippen LogP contribution in [-0.4, -0.2) is 46.7 Å². The highest BCUT2D eigenvalue weighted by molar-refractivity contribution is 5.96. The molecule has 1 amide bonds. The number of nitrogens with one attached hydrogen (secondary N) is 2. The molecular formula is C32H46FN5O2. The molecule has 8 heteroatoms. The Morgan fingerprint density at radius 3 is 2.88 bits per heavy atom. The first-order chi connectivity index (χ1) is 19.2. The van der Waals surface area contributed by atoms with Gasteiger partial charge < -0.3 is 19.9 Å². The average molecular weight is 552 g/mol. The summed E-state index contributed by atoms with van der Waals surface area (Å²) in [6, 6.07) is 7.83. The third-order valence-electron chi connectivity index (χ3n) is 7.58. The number of hydrogen-bond acceptors (Lipinski definition) is 5. The lowest BCUT2D eigenvalue weighted by Crippen LogP contribution is -2.32. The Morgan fingerprint density at radius 1 is 1.27 bits per heavy atom. The number of aliphatic imine (C=N–C) groups is 1. The lowest BCUT2D eigenvalue weighted by atomic mass is 9.89. The van der Waals surface area contributed by atoms with Crippen molar-refractivity contribution in [3.05, 3.63) is 77.7 Å². The molecule has 2 aromatic heterocycles. The number of aromatic nitrogens is 2. The van der Waals surface area contributed by atoms with E-state index in [9.17, 15) is 9.18 Å². The molecule has 0 spiro atoms. The lowest BCUT2D eigenvalue weighted by Gasteiger charge is -2.27. The van der Waals surface area contributed by atoms with Gasteiger partial charge in [-0.2, -0.15) is 0 Å². The number of nitrogens with zero attached hydrogens (tertiary/aromatic N) is 3. The number of alkyl halides is 1. The largest absolute Gasteiger partial charge is 0.376 e. The third kappa shape index (κ3) is 7.80. The molecule has 0 aliphatic carbocycles. The highest BCUT2D eigenvalue weighted by Gasteiger charge is 2.22. The molecule has 4 rings (SSSR count). The second-order valence-corrected chi connectivity index (χ2v) is 11.6. The quantitative estimate of drug-likeness (QED) is 0.352. The molecule has 0 bridgehead atoms. The fourth-order valence-electron chi connectivity index (χ4n) is 5.26. The smallest absolute Gasteiger partial charge is 0.253 e. The fraction of sp³-hybridized carbons (Fsp3) is 0.500. The van der Waals surface area contributed by atoms with Crippen LogP contribution in [0.25, 0.3) is 5.70 Å². The maximum Gasteiger partial charge on any atom is 0.253 e. The molecular weight excluding hydrogens is 505 g/mol. The van der Waals surface area contributed by atoms with E-state index in [0.717, 1.165) is 42.2 Å². The zero-order valence-corrected chi connectivity index (χ0v) is 24.2. The van der Waals surface area contributed by atoms with Crippen molar-refractivity contribution < 1.29 is 16.8 Å². The van der Waals surface area contributed by atoms with Crippen LogP contribution in [0.15, 0.2) is 65.7 Å². The number of amides is 1. The molecule has 4 heterocycles. The van der Waals surface area contributed by atoms with Crippen LogP contribution in [0.1, 0.15) is 84.4 Å². The van der Waals surface area contributed by atoms with E-state index in [2.05, 4.69) is 55.0 Å². The van der Waals surface area contributed by atoms with Crippen molar-refractivity contribution in [3.8, 4) is 0 Å². The SMILES string of the molecule is C=C=C(CNC(=O)c1ccn(C(C)(C)CF)c1)NC1=NC(c2cccc(CC3CCC[C@@H](C)O[C@@H](C)C3)n2)=CC1.[HH].[HH]. The summed E-state index contributed by atoms with van der Waals surface area (Å²) in [5.74, 6) is 1.06. The van der Waals surface area contributed by atoms with Crippen LogP contribution in [0.4, 0.5) is 4.39 Å². The van der Waals surface area contributed by atoms with Crippen molar-refractivity contribution in [3.63, 3.8) is 0 Å². The Bertz CT molecular complexity index is 1320. The van der Waals surface area contributed by atoms with Crippen LogP contribution in [0.2, 0.25) is 0 Å². The van der Waals surface area contributed by atoms with Gasteiger partial charge in [-0.1, -0.05) is 19.1 Å². The lowest BCUT2D eigenvalue weighted by molar-refractivity contribution is -0.0201. The molecule has 3 atom stereocenters. The second-order valence-electron chi connectivity index (χ2n) is 11.6. The van der Waals surface area contributed by atoms with Crippen molar-refractivity contribution in [2.75, 3.05) is 13.2 Å². The number of ether oxygens (including phenoxy) is 1. The van der Waals surface area contributed by atoms with Gasteiger partial charge in [0.25, 0.3) is 5.91 Å². The van der Waals surface area contributed by atoms with Crippen LogP contribution in [-0.2, 0) is 16.7 Å². The predicted molar refractivity (Wildman–Crippen MR) is 162 cm³/mol. The van der Waals surface area contributed by atoms with E-state index in [1.807, 2.05) is 6.07 Å². The van der Waals surface area contributed by atoms with Crippen LogP contribution in [0, 0.1) is 5.92 Å². The molecule has 0 aromatic carbocycles. The fourth-order valence-corrected chi connectivity index (χ4v) is 5.26. The summed E-state index contributed by atoms with van der Waals surface area (Å²) in [5, 5.41) is 6.11. The molecule has 1 unspecified atom stereocenters. The number of rotatable bonds is 9. The van der Waals surface area contributed by atoms with Gasteiger partial charge in [-0.05, 0) is 83.6 Å². The molecule has 0 radical (unpaired) electrons. The molecule has 1 saturated heterocycles. The summed E-state index contributed by atoms with van der Waals surface area (Å²) in [4.78, 5) is 22.3. The standard InChI is InChI=1S/C32H42FN5O2.2H2/c1-6-26(19-34-31(39)25-15-16-38(20-25)32(4,5)21-33)36-30-14-13-29(37-30)28-12-8-11-27(35-28)18-24-10-7-9-22(2)40-23(3)17-24;;/h8,11-13,15-16,20,22-24H,1,7,9-10,14,17-19,21H2,2-5H3,(H,34,39)(H,36,37);2*1H/t22-,23+,24?;;/m1../s1. The van der Waals surface area contributed by atoms with Gasteiger partial charge in [-0.15, -0.1) is 5.73 Å². The maximum absolute atomic E-state index is 13.3. The first-order valence-corrected chi connectivity index (χ1v) is 14.2. The number of pyridine rings is 1. The maximum atomic E-state index is 13.3. The van der Waals surface area contributed by atoms with Crippen LogP contribution >= 0.6 is 0 Å². The summed E-state index contributed by atoms with van der Waals surface area (Å²) >= 11 is 0. The minimum absolute atomic E-state index is 0. The highest BCUT2D eigenvalue weighted by Crippen LogP contribution is 2.27. The summed E-state index contributed by atoms with van der Waals surface area (Å²) in [6.45, 7) is 11.3. The Hall–Kier alpha value is -3.48. The molecule has 0 saturated carbocycles. The minimum Gasteiger partial charge on any atom is -0.376 e. The van der Waals surface area contributed by atoms with Gasteiger partial charge >= 0.3 is 0 Å². The zero-order valence-electron chi connectivity index (χ0n) is 24.2. The van der Waals surface area contributed by atoms with Crippen LogP contribution < -0.4 is 10.6 Å². The van der Waals surface area contributed by atoms with E-state index >= 15 is 0 Å². The average Bonchev–Trinajstić information content (AvgIpc) is 3.61. The topological polar surface area (TPSA) is 80.5 Å². The van der Waals surface area contributed by atoms with Gasteiger partial charge in [-0.3, -0.25) is 9.78 Å². The van der Waals surface area contributed by atoms with Crippen LogP contribution in [0.3, 0.4) is 0 Å². The Labute approximate surface area is 240 Å². The Kier molecular flexibility index (Phi) is 9.77. The summed E-state index contributed by atoms with van der Waals surface area (Å²) in [5.41, 5.74) is 6.00. The van der Waals surface area contributed by atoms with Crippen molar-refractivity contribution in [2.45, 2.75) is 84.0 Å². The molecule has 2 aliphatic rings. The van der Waals surface area contributed by atoms with Gasteiger partial charge in [0.2, 0.25) is 0 Å². The first-order valence-electron chi connectivity index (χ1n) is 14.2. The summed E-state index contributed by atoms with van der Waals surface area (Å²) < 4.78 is 21.1. The molecule has 2 aliphatic heterocycles. The van der Waals surface area contributed by atoms with E-state index in [-0.39, 0.29) is 21.4 Å². The summed E-state index contributed by atoms with van der Waals surface area (Å²) in [7, 11) is 0. The number of carbonyl (C=O) groups is 1. The molecule has 7 nitrogen and oxygen atoms in total. The predicted octanol–water partition coefficient (Wildman–Crippen LogP) is 6.44. The van der Waals surface area contributed by atoms with Crippen molar-refractivity contribution >= 4 is 17.4 Å². The van der Waals surface area contributed by atoms with E-state index in [1.165, 1.54) is 12.8 Å². The Morgan fingerprint density at radius 2 is 2.10 bits per heavy atom. The second kappa shape index (κ2) is 13.2. The number of amidine groups is 1. The van der Waals surface area contributed by atoms with Crippen molar-refractivity contribution in [1.82, 2.24) is 20.2 Å². The molecule has 1 fully saturated rings. The monoisotopic (exact) mass is 551 g/mol. The number of hydrogen-bond donors (Lipinski definition) is 2. The third-order valence-corrected chi connectivity index (χ3v) is 7.58. The summed E-state index contributed by atoms with van der Waals surface area (Å²) in [6.07, 6.45) is 12.2. The van der Waals surface area contributed by atoms with Gasteiger partial charge in [0, 0.05) is 27.4 Å². The van der Waals surface area contributed by atoms with E-state index in [1.54, 1.807) is 36.9 Å². The molecule has 2 N–H and O–H groups in total. The first kappa shape index (κ1) is 29.5. The van der Waals surface area contributed by atoms with E-state index < -0.39 is 12.2 Å². The number of halogens is 1. The Balaban J connectivity index is 0.00000308. The van der Waals surface area contributed by atoms with E-state index in [4.69, 9.17) is 14.7 Å².